The number of hydrogen-bond acceptors (Lipinski definition) is 2. The summed E-state index contributed by atoms with van der Waals surface area (Å²) in [6, 6.07) is 9.05. The summed E-state index contributed by atoms with van der Waals surface area (Å²) in [5.74, 6) is -0.0862. The van der Waals surface area contributed by atoms with Gasteiger partial charge >= 0.3 is 0 Å². The van der Waals surface area contributed by atoms with Gasteiger partial charge < -0.3 is 0 Å². The molecular weight excluding hydrogens is 200 g/mol. The van der Waals surface area contributed by atoms with E-state index in [4.69, 9.17) is 0 Å². The minimum atomic E-state index is -0.832. The number of ketones is 2. The molecule has 0 spiro atoms. The van der Waals surface area contributed by atoms with Gasteiger partial charge in [-0.15, -0.1) is 0 Å². The first-order valence-electron chi connectivity index (χ1n) is 5.69. The van der Waals surface area contributed by atoms with Gasteiger partial charge in [0.15, 0.2) is 5.78 Å². The second kappa shape index (κ2) is 5.06. The fourth-order valence-electron chi connectivity index (χ4n) is 2.09. The molecule has 86 valence electrons. The molecule has 0 aliphatic rings. The molecule has 2 heteroatoms. The normalized spacial score (nSPS) is 11.2. The van der Waals surface area contributed by atoms with Crippen LogP contribution in [-0.4, -0.2) is 11.6 Å². The third-order valence-electron chi connectivity index (χ3n) is 3.35. The standard InChI is InChI=1S/C14H18O2/c1-4-14(5-2,11(3)15)13(16)12-9-7-6-8-10-12/h6-10H,4-5H2,1-3H3. The first-order valence-corrected chi connectivity index (χ1v) is 5.69. The van der Waals surface area contributed by atoms with Crippen molar-refractivity contribution in [1.29, 1.82) is 0 Å². The minimum absolute atomic E-state index is 0.0358. The lowest BCUT2D eigenvalue weighted by Crippen LogP contribution is -2.36. The van der Waals surface area contributed by atoms with Crippen molar-refractivity contribution in [2.45, 2.75) is 33.6 Å². The van der Waals surface area contributed by atoms with Gasteiger partial charge in [0, 0.05) is 5.56 Å². The van der Waals surface area contributed by atoms with Crippen LogP contribution in [0.5, 0.6) is 0 Å². The van der Waals surface area contributed by atoms with Crippen molar-refractivity contribution < 1.29 is 9.59 Å². The van der Waals surface area contributed by atoms with Crippen LogP contribution < -0.4 is 0 Å². The van der Waals surface area contributed by atoms with Gasteiger partial charge in [0.25, 0.3) is 0 Å². The van der Waals surface area contributed by atoms with Crippen molar-refractivity contribution in [3.8, 4) is 0 Å². The molecular formula is C14H18O2. The third-order valence-corrected chi connectivity index (χ3v) is 3.35. The number of rotatable bonds is 5. The van der Waals surface area contributed by atoms with Crippen LogP contribution in [0, 0.1) is 5.41 Å². The Labute approximate surface area is 96.7 Å². The Morgan fingerprint density at radius 3 is 1.94 bits per heavy atom. The summed E-state index contributed by atoms with van der Waals surface area (Å²) in [4.78, 5) is 24.1. The van der Waals surface area contributed by atoms with E-state index in [1.54, 1.807) is 12.1 Å². The molecule has 0 unspecified atom stereocenters. The second-order valence-electron chi connectivity index (χ2n) is 4.04. The van der Waals surface area contributed by atoms with Crippen LogP contribution in [-0.2, 0) is 4.79 Å². The van der Waals surface area contributed by atoms with E-state index in [-0.39, 0.29) is 11.6 Å². The fourth-order valence-corrected chi connectivity index (χ4v) is 2.09. The molecule has 0 N–H and O–H groups in total. The first kappa shape index (κ1) is 12.6. The lowest BCUT2D eigenvalue weighted by Gasteiger charge is -2.27. The molecule has 1 aromatic carbocycles. The molecule has 0 atom stereocenters. The Hall–Kier alpha value is -1.44. The molecule has 0 aliphatic carbocycles. The third kappa shape index (κ3) is 2.06. The second-order valence-corrected chi connectivity index (χ2v) is 4.04. The topological polar surface area (TPSA) is 34.1 Å². The Kier molecular flexibility index (Phi) is 3.99. The predicted molar refractivity (Wildman–Crippen MR) is 64.5 cm³/mol. The van der Waals surface area contributed by atoms with Crippen molar-refractivity contribution in [2.75, 3.05) is 0 Å². The lowest BCUT2D eigenvalue weighted by molar-refractivity contribution is -0.124. The van der Waals surface area contributed by atoms with E-state index in [9.17, 15) is 9.59 Å². The Bertz CT molecular complexity index is 375. The van der Waals surface area contributed by atoms with E-state index >= 15 is 0 Å². The molecule has 0 aliphatic heterocycles. The Morgan fingerprint density at radius 1 is 1.06 bits per heavy atom. The zero-order chi connectivity index (χ0) is 12.2. The van der Waals surface area contributed by atoms with E-state index in [0.29, 0.717) is 18.4 Å². The van der Waals surface area contributed by atoms with Crippen LogP contribution in [0.25, 0.3) is 0 Å². The zero-order valence-corrected chi connectivity index (χ0v) is 10.1. The maximum absolute atomic E-state index is 12.3. The summed E-state index contributed by atoms with van der Waals surface area (Å²) in [5.41, 5.74) is -0.206. The lowest BCUT2D eigenvalue weighted by atomic mass is 9.73. The summed E-state index contributed by atoms with van der Waals surface area (Å²) in [7, 11) is 0. The maximum Gasteiger partial charge on any atom is 0.176 e. The molecule has 1 aromatic rings. The zero-order valence-electron chi connectivity index (χ0n) is 10.1. The van der Waals surface area contributed by atoms with Gasteiger partial charge in [0.05, 0.1) is 5.41 Å². The summed E-state index contributed by atoms with van der Waals surface area (Å²) in [6.45, 7) is 5.30. The molecule has 1 rings (SSSR count). The van der Waals surface area contributed by atoms with Crippen molar-refractivity contribution in [2.24, 2.45) is 5.41 Å². The van der Waals surface area contributed by atoms with Gasteiger partial charge in [-0.3, -0.25) is 9.59 Å². The SMILES string of the molecule is CCC(CC)(C(C)=O)C(=O)c1ccccc1. The predicted octanol–water partition coefficient (Wildman–Crippen LogP) is 3.26. The highest BCUT2D eigenvalue weighted by Crippen LogP contribution is 2.31. The van der Waals surface area contributed by atoms with Crippen molar-refractivity contribution in [3.05, 3.63) is 35.9 Å². The number of carbonyl (C=O) groups is 2. The number of hydrogen-bond donors (Lipinski definition) is 0. The summed E-state index contributed by atoms with van der Waals surface area (Å²) in [5, 5.41) is 0. The van der Waals surface area contributed by atoms with Crippen LogP contribution in [0.2, 0.25) is 0 Å². The molecule has 0 amide bonds. The summed E-state index contributed by atoms with van der Waals surface area (Å²) >= 11 is 0. The first-order chi connectivity index (χ1) is 7.58. The van der Waals surface area contributed by atoms with E-state index in [0.717, 1.165) is 0 Å². The molecule has 0 radical (unpaired) electrons. The molecule has 0 aromatic heterocycles. The monoisotopic (exact) mass is 218 g/mol. The van der Waals surface area contributed by atoms with Gasteiger partial charge in [-0.1, -0.05) is 44.2 Å². The van der Waals surface area contributed by atoms with E-state index in [2.05, 4.69) is 0 Å². The molecule has 0 saturated carbocycles. The van der Waals surface area contributed by atoms with Gasteiger partial charge in [0.2, 0.25) is 0 Å². The molecule has 0 saturated heterocycles. The highest BCUT2D eigenvalue weighted by atomic mass is 16.2. The number of carbonyl (C=O) groups excluding carboxylic acids is 2. The van der Waals surface area contributed by atoms with Crippen LogP contribution in [0.15, 0.2) is 30.3 Å². The Morgan fingerprint density at radius 2 is 1.56 bits per heavy atom. The number of Topliss-reactive ketones (excluding diaryl/α,β-unsaturated/α-hetero) is 2. The van der Waals surface area contributed by atoms with Crippen LogP contribution in [0.1, 0.15) is 44.0 Å². The average Bonchev–Trinajstić information content (AvgIpc) is 2.32. The maximum atomic E-state index is 12.3. The highest BCUT2D eigenvalue weighted by molar-refractivity contribution is 6.13. The summed E-state index contributed by atoms with van der Waals surface area (Å²) < 4.78 is 0. The molecule has 0 bridgehead atoms. The average molecular weight is 218 g/mol. The summed E-state index contributed by atoms with van der Waals surface area (Å²) in [6.07, 6.45) is 1.12. The quantitative estimate of drug-likeness (QED) is 0.561. The largest absolute Gasteiger partial charge is 0.299 e. The van der Waals surface area contributed by atoms with E-state index < -0.39 is 5.41 Å². The van der Waals surface area contributed by atoms with Gasteiger partial charge in [-0.25, -0.2) is 0 Å². The van der Waals surface area contributed by atoms with E-state index in [1.165, 1.54) is 6.92 Å². The Balaban J connectivity index is 3.15. The van der Waals surface area contributed by atoms with Gasteiger partial charge in [-0.2, -0.15) is 0 Å². The smallest absolute Gasteiger partial charge is 0.176 e. The van der Waals surface area contributed by atoms with Gasteiger partial charge in [-0.05, 0) is 19.8 Å². The molecule has 0 heterocycles. The van der Waals surface area contributed by atoms with Crippen molar-refractivity contribution in [1.82, 2.24) is 0 Å². The van der Waals surface area contributed by atoms with Crippen LogP contribution in [0.3, 0.4) is 0 Å². The minimum Gasteiger partial charge on any atom is -0.299 e. The van der Waals surface area contributed by atoms with Crippen LogP contribution in [0.4, 0.5) is 0 Å². The van der Waals surface area contributed by atoms with Crippen molar-refractivity contribution >= 4 is 11.6 Å². The van der Waals surface area contributed by atoms with E-state index in [1.807, 2.05) is 32.0 Å². The number of benzene rings is 1. The van der Waals surface area contributed by atoms with Gasteiger partial charge in [0.1, 0.15) is 5.78 Å². The van der Waals surface area contributed by atoms with Crippen LogP contribution >= 0.6 is 0 Å². The molecule has 2 nitrogen and oxygen atoms in total. The highest BCUT2D eigenvalue weighted by Gasteiger charge is 2.39. The molecule has 16 heavy (non-hydrogen) atoms. The molecule has 0 fully saturated rings. The fraction of sp³-hybridized carbons (Fsp3) is 0.429. The van der Waals surface area contributed by atoms with Crippen molar-refractivity contribution in [3.63, 3.8) is 0 Å².